The van der Waals surface area contributed by atoms with E-state index in [0.717, 1.165) is 48.0 Å². The van der Waals surface area contributed by atoms with E-state index >= 15 is 0 Å². The van der Waals surface area contributed by atoms with Crippen molar-refractivity contribution in [2.45, 2.75) is 30.3 Å². The highest BCUT2D eigenvalue weighted by Crippen LogP contribution is 2.31. The maximum Gasteiger partial charge on any atom is 0.416 e. The zero-order valence-electron chi connectivity index (χ0n) is 18.7. The summed E-state index contributed by atoms with van der Waals surface area (Å²) < 4.78 is 55.8. The molecule has 1 aliphatic heterocycles. The van der Waals surface area contributed by atoms with Crippen LogP contribution in [0, 0.1) is 0 Å². The molecular formula is C24H26F3N3O3S. The lowest BCUT2D eigenvalue weighted by atomic mass is 10.1. The quantitative estimate of drug-likeness (QED) is 0.303. The Labute approximate surface area is 201 Å². The van der Waals surface area contributed by atoms with Gasteiger partial charge in [0.25, 0.3) is 0 Å². The molecule has 0 spiro atoms. The third kappa shape index (κ3) is 8.42. The second kappa shape index (κ2) is 13.0. The first-order valence-corrected chi connectivity index (χ1v) is 11.5. The van der Waals surface area contributed by atoms with Gasteiger partial charge in [-0.1, -0.05) is 12.1 Å². The monoisotopic (exact) mass is 493 g/mol. The van der Waals surface area contributed by atoms with Gasteiger partial charge in [0.15, 0.2) is 5.82 Å². The van der Waals surface area contributed by atoms with Gasteiger partial charge in [-0.2, -0.15) is 18.3 Å². The van der Waals surface area contributed by atoms with Crippen LogP contribution in [-0.2, 0) is 17.3 Å². The van der Waals surface area contributed by atoms with E-state index < -0.39 is 11.7 Å². The molecule has 2 heterocycles. The Kier molecular flexibility index (Phi) is 9.84. The largest absolute Gasteiger partial charge is 0.493 e. The van der Waals surface area contributed by atoms with Crippen LogP contribution >= 0.6 is 11.9 Å². The zero-order chi connectivity index (χ0) is 24.2. The van der Waals surface area contributed by atoms with Crippen LogP contribution in [0.1, 0.15) is 24.0 Å². The molecule has 0 atom stereocenters. The number of aryl methyl sites for hydroxylation is 1. The maximum absolute atomic E-state index is 12.3. The van der Waals surface area contributed by atoms with Crippen molar-refractivity contribution in [1.82, 2.24) is 10.2 Å². The Morgan fingerprint density at radius 1 is 1.09 bits per heavy atom. The Morgan fingerprint density at radius 2 is 1.97 bits per heavy atom. The molecule has 3 aromatic rings. The number of hydrogen-bond donors (Lipinski definition) is 1. The summed E-state index contributed by atoms with van der Waals surface area (Å²) in [6.45, 7) is 1.69. The number of halogens is 3. The smallest absolute Gasteiger partial charge is 0.416 e. The van der Waals surface area contributed by atoms with E-state index in [2.05, 4.69) is 33.1 Å². The lowest BCUT2D eigenvalue weighted by Crippen LogP contribution is -2.08. The molecular weight excluding hydrogens is 467 g/mol. The highest BCUT2D eigenvalue weighted by molar-refractivity contribution is 8.00. The number of methoxy groups -OCH3 is 1. The molecule has 0 aliphatic carbocycles. The van der Waals surface area contributed by atoms with Gasteiger partial charge >= 0.3 is 6.18 Å². The standard InChI is InChI=1S/C13H13N3OS.C11H13F3O2/c1-4-13(15-14-7-1)16-18-11-6-5-10-3-2-8-17-12(10)9-11;1-15-6-3-7-16-10-5-2-4-9(8-10)11(12,13)14/h1,4-7,9H,2-3,8H2,(H,15,16);2,4-5,8H,3,6-7H2,1H3. The summed E-state index contributed by atoms with van der Waals surface area (Å²) in [5.41, 5.74) is 0.599. The van der Waals surface area contributed by atoms with Crippen molar-refractivity contribution in [1.29, 1.82) is 0 Å². The highest BCUT2D eigenvalue weighted by Gasteiger charge is 2.30. The minimum absolute atomic E-state index is 0.228. The molecule has 0 saturated heterocycles. The predicted molar refractivity (Wildman–Crippen MR) is 125 cm³/mol. The number of ether oxygens (including phenoxy) is 3. The number of hydrogen-bond acceptors (Lipinski definition) is 7. The second-order valence-corrected chi connectivity index (χ2v) is 8.13. The Balaban J connectivity index is 0.000000192. The Bertz CT molecular complexity index is 1020. The molecule has 0 saturated carbocycles. The summed E-state index contributed by atoms with van der Waals surface area (Å²) in [4.78, 5) is 1.11. The molecule has 1 aromatic heterocycles. The van der Waals surface area contributed by atoms with Gasteiger partial charge in [0.1, 0.15) is 11.5 Å². The van der Waals surface area contributed by atoms with E-state index in [1.807, 2.05) is 12.1 Å². The summed E-state index contributed by atoms with van der Waals surface area (Å²) in [7, 11) is 1.56. The zero-order valence-corrected chi connectivity index (χ0v) is 19.5. The lowest BCUT2D eigenvalue weighted by Gasteiger charge is -2.17. The minimum atomic E-state index is -4.33. The SMILES string of the molecule is COCCCOc1cccc(C(F)(F)F)c1.c1cnnc(NSc2ccc3c(c2)OCCC3)c1. The van der Waals surface area contributed by atoms with Crippen molar-refractivity contribution < 1.29 is 27.4 Å². The van der Waals surface area contributed by atoms with E-state index in [9.17, 15) is 13.2 Å². The molecule has 0 amide bonds. The number of aromatic nitrogens is 2. The van der Waals surface area contributed by atoms with Crippen molar-refractivity contribution in [2.24, 2.45) is 0 Å². The van der Waals surface area contributed by atoms with Crippen molar-refractivity contribution in [3.8, 4) is 11.5 Å². The molecule has 0 bridgehead atoms. The number of fused-ring (bicyclic) bond motifs is 1. The van der Waals surface area contributed by atoms with Gasteiger partial charge in [-0.15, -0.1) is 5.10 Å². The second-order valence-electron chi connectivity index (χ2n) is 7.25. The topological polar surface area (TPSA) is 65.5 Å². The van der Waals surface area contributed by atoms with Crippen LogP contribution in [-0.4, -0.2) is 37.1 Å². The maximum atomic E-state index is 12.3. The van der Waals surface area contributed by atoms with Crippen molar-refractivity contribution >= 4 is 17.8 Å². The van der Waals surface area contributed by atoms with Gasteiger partial charge < -0.3 is 18.9 Å². The number of benzene rings is 2. The lowest BCUT2D eigenvalue weighted by molar-refractivity contribution is -0.137. The van der Waals surface area contributed by atoms with E-state index in [4.69, 9.17) is 14.2 Å². The molecule has 10 heteroatoms. The van der Waals surface area contributed by atoms with E-state index in [0.29, 0.717) is 19.6 Å². The molecule has 4 rings (SSSR count). The van der Waals surface area contributed by atoms with Crippen LogP contribution in [0.25, 0.3) is 0 Å². The number of rotatable bonds is 8. The fraction of sp³-hybridized carbons (Fsp3) is 0.333. The molecule has 2 aromatic carbocycles. The molecule has 0 unspecified atom stereocenters. The van der Waals surface area contributed by atoms with Crippen LogP contribution in [0.15, 0.2) is 65.7 Å². The van der Waals surface area contributed by atoms with E-state index in [1.54, 1.807) is 13.3 Å². The molecule has 6 nitrogen and oxygen atoms in total. The number of alkyl halides is 3. The number of nitrogens with one attached hydrogen (secondary N) is 1. The number of nitrogens with zero attached hydrogens (tertiary/aromatic N) is 2. The molecule has 1 N–H and O–H groups in total. The van der Waals surface area contributed by atoms with Gasteiger partial charge in [-0.05, 0) is 72.8 Å². The highest BCUT2D eigenvalue weighted by atomic mass is 32.2. The summed E-state index contributed by atoms with van der Waals surface area (Å²) in [6, 6.07) is 14.9. The van der Waals surface area contributed by atoms with Crippen molar-refractivity contribution in [3.05, 3.63) is 71.9 Å². The van der Waals surface area contributed by atoms with E-state index in [1.165, 1.54) is 29.6 Å². The summed E-state index contributed by atoms with van der Waals surface area (Å²) >= 11 is 1.51. The van der Waals surface area contributed by atoms with Crippen LogP contribution in [0.5, 0.6) is 11.5 Å². The average Bonchev–Trinajstić information content (AvgIpc) is 2.86. The van der Waals surface area contributed by atoms with Gasteiger partial charge in [-0.3, -0.25) is 0 Å². The van der Waals surface area contributed by atoms with Crippen LogP contribution < -0.4 is 14.2 Å². The minimum Gasteiger partial charge on any atom is -0.493 e. The molecule has 0 fully saturated rings. The predicted octanol–water partition coefficient (Wildman–Crippen LogP) is 6.04. The molecule has 182 valence electrons. The van der Waals surface area contributed by atoms with Gasteiger partial charge in [0, 0.05) is 31.2 Å². The van der Waals surface area contributed by atoms with Gasteiger partial charge in [0.2, 0.25) is 0 Å². The first-order chi connectivity index (χ1) is 16.5. The van der Waals surface area contributed by atoms with Gasteiger partial charge in [-0.25, -0.2) is 0 Å². The van der Waals surface area contributed by atoms with Gasteiger partial charge in [0.05, 0.1) is 18.8 Å². The van der Waals surface area contributed by atoms with Crippen LogP contribution in [0.4, 0.5) is 19.0 Å². The number of anilines is 1. The fourth-order valence-electron chi connectivity index (χ4n) is 3.01. The van der Waals surface area contributed by atoms with Crippen LogP contribution in [0.2, 0.25) is 0 Å². The van der Waals surface area contributed by atoms with Crippen LogP contribution in [0.3, 0.4) is 0 Å². The summed E-state index contributed by atoms with van der Waals surface area (Å²) in [5.74, 6) is 1.99. The Hall–Kier alpha value is -2.98. The third-order valence-electron chi connectivity index (χ3n) is 4.66. The fourth-order valence-corrected chi connectivity index (χ4v) is 3.64. The molecule has 0 radical (unpaired) electrons. The first kappa shape index (κ1) is 25.6. The van der Waals surface area contributed by atoms with Crippen molar-refractivity contribution in [2.75, 3.05) is 31.7 Å². The first-order valence-electron chi connectivity index (χ1n) is 10.7. The Morgan fingerprint density at radius 3 is 2.74 bits per heavy atom. The molecule has 1 aliphatic rings. The third-order valence-corrected chi connectivity index (χ3v) is 5.46. The summed E-state index contributed by atoms with van der Waals surface area (Å²) in [5, 5.41) is 7.78. The van der Waals surface area contributed by atoms with Crippen molar-refractivity contribution in [3.63, 3.8) is 0 Å². The normalized spacial score (nSPS) is 12.6. The molecule has 34 heavy (non-hydrogen) atoms. The van der Waals surface area contributed by atoms with E-state index in [-0.39, 0.29) is 5.75 Å². The average molecular weight is 494 g/mol. The summed E-state index contributed by atoms with van der Waals surface area (Å²) in [6.07, 6.45) is 0.191.